The molecule has 0 aliphatic carbocycles. The summed E-state index contributed by atoms with van der Waals surface area (Å²) < 4.78 is 45.0. The quantitative estimate of drug-likeness (QED) is 0.486. The first-order valence-corrected chi connectivity index (χ1v) is 7.29. The fourth-order valence-corrected chi connectivity index (χ4v) is 2.02. The number of carbonyl (C=O) groups excluding carboxylic acids is 2. The molecule has 1 atom stereocenters. The Bertz CT molecular complexity index is 614. The van der Waals surface area contributed by atoms with E-state index in [4.69, 9.17) is 10.6 Å². The van der Waals surface area contributed by atoms with Crippen LogP contribution in [0.15, 0.2) is 12.1 Å². The molecular formula is C16H20F3NO4. The van der Waals surface area contributed by atoms with Crippen molar-refractivity contribution in [3.8, 4) is 0 Å². The van der Waals surface area contributed by atoms with Crippen LogP contribution in [0.3, 0.4) is 0 Å². The van der Waals surface area contributed by atoms with E-state index in [0.717, 1.165) is 6.07 Å². The van der Waals surface area contributed by atoms with E-state index in [1.165, 1.54) is 0 Å². The number of nitrogens with two attached hydrogens (primary N) is 1. The Kier molecular flexibility index (Phi) is 6.77. The maximum atomic E-state index is 13.6. The number of hydrogen-bond acceptors (Lipinski definition) is 5. The molecule has 1 aromatic rings. The number of aryl methyl sites for hydroxylation is 1. The lowest BCUT2D eigenvalue weighted by molar-refractivity contribution is -0.164. The highest BCUT2D eigenvalue weighted by Crippen LogP contribution is 2.22. The molecule has 0 aromatic heterocycles. The normalized spacial score (nSPS) is 12.6. The summed E-state index contributed by atoms with van der Waals surface area (Å²) in [4.78, 5) is 27.5. The van der Waals surface area contributed by atoms with Gasteiger partial charge in [0.05, 0.1) is 12.3 Å². The second kappa shape index (κ2) is 8.14. The molecule has 5 nitrogen and oxygen atoms in total. The third-order valence-electron chi connectivity index (χ3n) is 3.14. The summed E-state index contributed by atoms with van der Waals surface area (Å²) >= 11 is 0. The monoisotopic (exact) mass is 347 g/mol. The van der Waals surface area contributed by atoms with E-state index >= 15 is 0 Å². The molecule has 0 amide bonds. The standard InChI is InChI=1S/C16H20F3NO4/c1-16(2,3)23-15(22)10(7-14(21)24-20)5-4-9-6-12(18)13(19)8-11(9)17/h6,8,10H,4-5,7,20H2,1-3H3/t10-/m1/s1. The molecule has 0 fully saturated rings. The van der Waals surface area contributed by atoms with E-state index in [1.54, 1.807) is 20.8 Å². The number of halogens is 3. The molecule has 134 valence electrons. The van der Waals surface area contributed by atoms with Crippen molar-refractivity contribution in [2.45, 2.75) is 45.6 Å². The minimum atomic E-state index is -1.30. The van der Waals surface area contributed by atoms with Gasteiger partial charge >= 0.3 is 11.9 Å². The van der Waals surface area contributed by atoms with Gasteiger partial charge in [-0.25, -0.2) is 13.2 Å². The van der Waals surface area contributed by atoms with Crippen LogP contribution in [0.4, 0.5) is 13.2 Å². The fraction of sp³-hybridized carbons (Fsp3) is 0.500. The van der Waals surface area contributed by atoms with Gasteiger partial charge in [0.1, 0.15) is 11.4 Å². The summed E-state index contributed by atoms with van der Waals surface area (Å²) in [5.41, 5.74) is -0.890. The zero-order valence-electron chi connectivity index (χ0n) is 13.7. The van der Waals surface area contributed by atoms with E-state index in [-0.39, 0.29) is 24.8 Å². The number of esters is 1. The molecule has 1 rings (SSSR count). The van der Waals surface area contributed by atoms with Gasteiger partial charge in [0.2, 0.25) is 0 Å². The van der Waals surface area contributed by atoms with Gasteiger partial charge in [0, 0.05) is 6.07 Å². The SMILES string of the molecule is CC(C)(C)OC(=O)[C@H](CCc1cc(F)c(F)cc1F)CC(=O)ON. The van der Waals surface area contributed by atoms with Crippen LogP contribution >= 0.6 is 0 Å². The first-order chi connectivity index (χ1) is 11.0. The van der Waals surface area contributed by atoms with E-state index < -0.39 is 40.9 Å². The lowest BCUT2D eigenvalue weighted by atomic mass is 9.96. The molecular weight excluding hydrogens is 327 g/mol. The van der Waals surface area contributed by atoms with Crippen molar-refractivity contribution in [1.29, 1.82) is 0 Å². The summed E-state index contributed by atoms with van der Waals surface area (Å²) in [6.07, 6.45) is -0.479. The smallest absolute Gasteiger partial charge is 0.325 e. The largest absolute Gasteiger partial charge is 0.460 e. The predicted octanol–water partition coefficient (Wildman–Crippen LogP) is 2.80. The third-order valence-corrected chi connectivity index (χ3v) is 3.14. The molecule has 0 unspecified atom stereocenters. The third kappa shape index (κ3) is 6.19. The summed E-state index contributed by atoms with van der Waals surface area (Å²) in [5, 5.41) is 0. The Morgan fingerprint density at radius 1 is 1.12 bits per heavy atom. The molecule has 0 radical (unpaired) electrons. The van der Waals surface area contributed by atoms with Crippen LogP contribution in [-0.2, 0) is 25.6 Å². The molecule has 8 heteroatoms. The van der Waals surface area contributed by atoms with Crippen LogP contribution in [0.25, 0.3) is 0 Å². The summed E-state index contributed by atoms with van der Waals surface area (Å²) in [7, 11) is 0. The average Bonchev–Trinajstić information content (AvgIpc) is 2.45. The molecule has 0 aliphatic rings. The Labute approximate surface area is 137 Å². The number of rotatable bonds is 6. The maximum absolute atomic E-state index is 13.6. The Morgan fingerprint density at radius 3 is 2.25 bits per heavy atom. The number of carbonyl (C=O) groups is 2. The van der Waals surface area contributed by atoms with Crippen molar-refractivity contribution >= 4 is 11.9 Å². The van der Waals surface area contributed by atoms with E-state index in [0.29, 0.717) is 6.07 Å². The molecule has 1 aromatic carbocycles. The molecule has 0 aliphatic heterocycles. The van der Waals surface area contributed by atoms with Crippen molar-refractivity contribution in [1.82, 2.24) is 0 Å². The second-order valence-corrected chi connectivity index (χ2v) is 6.32. The molecule has 2 N–H and O–H groups in total. The van der Waals surface area contributed by atoms with E-state index in [1.807, 2.05) is 0 Å². The lowest BCUT2D eigenvalue weighted by Gasteiger charge is -2.23. The van der Waals surface area contributed by atoms with Crippen molar-refractivity contribution in [3.63, 3.8) is 0 Å². The first-order valence-electron chi connectivity index (χ1n) is 7.29. The molecule has 0 heterocycles. The van der Waals surface area contributed by atoms with Crippen LogP contribution in [-0.4, -0.2) is 17.5 Å². The van der Waals surface area contributed by atoms with Crippen LogP contribution in [0.1, 0.15) is 39.2 Å². The molecule has 0 spiro atoms. The van der Waals surface area contributed by atoms with Crippen LogP contribution in [0.5, 0.6) is 0 Å². The minimum Gasteiger partial charge on any atom is -0.460 e. The Morgan fingerprint density at radius 2 is 1.71 bits per heavy atom. The van der Waals surface area contributed by atoms with Gasteiger partial charge in [-0.3, -0.25) is 9.59 Å². The number of ether oxygens (including phenoxy) is 1. The van der Waals surface area contributed by atoms with Crippen molar-refractivity contribution in [2.75, 3.05) is 0 Å². The molecule has 0 saturated heterocycles. The molecule has 24 heavy (non-hydrogen) atoms. The minimum absolute atomic E-state index is 0.0218. The number of benzene rings is 1. The highest BCUT2D eigenvalue weighted by Gasteiger charge is 2.28. The van der Waals surface area contributed by atoms with Gasteiger partial charge in [-0.15, -0.1) is 0 Å². The van der Waals surface area contributed by atoms with Gasteiger partial charge in [-0.2, -0.15) is 5.90 Å². The van der Waals surface area contributed by atoms with Crippen LogP contribution < -0.4 is 5.90 Å². The fourth-order valence-electron chi connectivity index (χ4n) is 2.02. The van der Waals surface area contributed by atoms with Crippen LogP contribution in [0, 0.1) is 23.4 Å². The zero-order valence-corrected chi connectivity index (χ0v) is 13.7. The second-order valence-electron chi connectivity index (χ2n) is 6.32. The lowest BCUT2D eigenvalue weighted by Crippen LogP contribution is -2.31. The van der Waals surface area contributed by atoms with Gasteiger partial charge in [0.25, 0.3) is 0 Å². The molecule has 0 saturated carbocycles. The summed E-state index contributed by atoms with van der Waals surface area (Å²) in [6.45, 7) is 4.95. The van der Waals surface area contributed by atoms with Gasteiger partial charge in [-0.05, 0) is 45.2 Å². The predicted molar refractivity (Wildman–Crippen MR) is 78.9 cm³/mol. The Hall–Kier alpha value is -2.09. The maximum Gasteiger partial charge on any atom is 0.325 e. The summed E-state index contributed by atoms with van der Waals surface area (Å²) in [6, 6.07) is 1.15. The van der Waals surface area contributed by atoms with E-state index in [2.05, 4.69) is 4.84 Å². The summed E-state index contributed by atoms with van der Waals surface area (Å²) in [5.74, 6) is -1.13. The first kappa shape index (κ1) is 20.0. The number of hydrogen-bond donors (Lipinski definition) is 1. The Balaban J connectivity index is 2.87. The average molecular weight is 347 g/mol. The van der Waals surface area contributed by atoms with Crippen molar-refractivity contribution in [3.05, 3.63) is 35.1 Å². The van der Waals surface area contributed by atoms with Gasteiger partial charge in [-0.1, -0.05) is 0 Å². The van der Waals surface area contributed by atoms with Gasteiger partial charge < -0.3 is 9.57 Å². The topological polar surface area (TPSA) is 78.6 Å². The van der Waals surface area contributed by atoms with E-state index in [9.17, 15) is 22.8 Å². The van der Waals surface area contributed by atoms with Crippen molar-refractivity contribution in [2.24, 2.45) is 11.8 Å². The van der Waals surface area contributed by atoms with Gasteiger partial charge in [0.15, 0.2) is 11.6 Å². The molecule has 0 bridgehead atoms. The van der Waals surface area contributed by atoms with Crippen LogP contribution in [0.2, 0.25) is 0 Å². The van der Waals surface area contributed by atoms with Crippen molar-refractivity contribution < 1.29 is 32.3 Å². The highest BCUT2D eigenvalue weighted by molar-refractivity contribution is 5.80. The zero-order chi connectivity index (χ0) is 18.5. The highest BCUT2D eigenvalue weighted by atomic mass is 19.2.